The number of anilines is 1. The zero-order chi connectivity index (χ0) is 15.8. The Bertz CT molecular complexity index is 509. The Morgan fingerprint density at radius 3 is 2.57 bits per heavy atom. The predicted octanol–water partition coefficient (Wildman–Crippen LogP) is 1.47. The summed E-state index contributed by atoms with van der Waals surface area (Å²) in [6, 6.07) is 1.47. The van der Waals surface area contributed by atoms with E-state index in [1.165, 1.54) is 10.7 Å². The van der Waals surface area contributed by atoms with Crippen LogP contribution in [0.15, 0.2) is 17.1 Å². The molecule has 0 bridgehead atoms. The topological polar surface area (TPSA) is 76.0 Å². The zero-order valence-electron chi connectivity index (χ0n) is 13.3. The van der Waals surface area contributed by atoms with Gasteiger partial charge in [-0.15, -0.1) is 0 Å². The van der Waals surface area contributed by atoms with Gasteiger partial charge in [0.2, 0.25) is 5.91 Å². The lowest BCUT2D eigenvalue weighted by molar-refractivity contribution is -0.121. The summed E-state index contributed by atoms with van der Waals surface area (Å²) >= 11 is 0. The molecule has 1 rings (SSSR count). The fourth-order valence-electron chi connectivity index (χ4n) is 1.66. The molecule has 0 atom stereocenters. The van der Waals surface area contributed by atoms with Crippen LogP contribution in [0.5, 0.6) is 0 Å². The van der Waals surface area contributed by atoms with E-state index < -0.39 is 0 Å². The molecule has 0 aromatic carbocycles. The second-order valence-corrected chi connectivity index (χ2v) is 6.05. The molecule has 1 amide bonds. The van der Waals surface area contributed by atoms with Crippen molar-refractivity contribution < 1.29 is 4.79 Å². The summed E-state index contributed by atoms with van der Waals surface area (Å²) < 4.78 is 1.17. The Hall–Kier alpha value is -1.85. The molecule has 0 spiro atoms. The van der Waals surface area contributed by atoms with Crippen LogP contribution in [0.4, 0.5) is 5.69 Å². The average Bonchev–Trinajstić information content (AvgIpc) is 2.38. The number of hydrogen-bond acceptors (Lipinski definition) is 4. The summed E-state index contributed by atoms with van der Waals surface area (Å²) in [5.41, 5.74) is 0.410. The van der Waals surface area contributed by atoms with Gasteiger partial charge >= 0.3 is 0 Å². The Morgan fingerprint density at radius 1 is 1.29 bits per heavy atom. The van der Waals surface area contributed by atoms with Crippen LogP contribution in [-0.4, -0.2) is 28.8 Å². The fourth-order valence-corrected chi connectivity index (χ4v) is 1.66. The van der Waals surface area contributed by atoms with E-state index in [1.807, 2.05) is 0 Å². The number of aromatic nitrogens is 2. The lowest BCUT2D eigenvalue weighted by Gasteiger charge is -2.10. The van der Waals surface area contributed by atoms with Gasteiger partial charge in [-0.05, 0) is 18.3 Å². The van der Waals surface area contributed by atoms with Crippen LogP contribution in [0.3, 0.4) is 0 Å². The first-order valence-corrected chi connectivity index (χ1v) is 7.46. The van der Waals surface area contributed by atoms with Crippen LogP contribution in [0, 0.1) is 11.8 Å². The minimum Gasteiger partial charge on any atom is -0.383 e. The Kier molecular flexibility index (Phi) is 6.91. The quantitative estimate of drug-likeness (QED) is 0.761. The highest BCUT2D eigenvalue weighted by atomic mass is 16.2. The molecular weight excluding hydrogens is 268 g/mol. The van der Waals surface area contributed by atoms with Gasteiger partial charge in [0.15, 0.2) is 0 Å². The van der Waals surface area contributed by atoms with Crippen molar-refractivity contribution in [2.75, 3.05) is 18.4 Å². The van der Waals surface area contributed by atoms with Crippen LogP contribution in [0.2, 0.25) is 0 Å². The van der Waals surface area contributed by atoms with E-state index >= 15 is 0 Å². The van der Waals surface area contributed by atoms with Crippen molar-refractivity contribution in [3.05, 3.63) is 22.6 Å². The first-order chi connectivity index (χ1) is 9.88. The molecule has 0 saturated heterocycles. The lowest BCUT2D eigenvalue weighted by atomic mass is 10.1. The third-order valence-corrected chi connectivity index (χ3v) is 2.92. The second-order valence-electron chi connectivity index (χ2n) is 6.05. The number of carbonyl (C=O) groups excluding carboxylic acids is 1. The molecule has 2 N–H and O–H groups in total. The Morgan fingerprint density at radius 2 is 2.00 bits per heavy atom. The van der Waals surface area contributed by atoms with Crippen LogP contribution in [0.25, 0.3) is 0 Å². The molecular formula is C15H26N4O2. The molecule has 1 heterocycles. The first-order valence-electron chi connectivity index (χ1n) is 7.46. The molecule has 0 saturated carbocycles. The van der Waals surface area contributed by atoms with E-state index in [0.29, 0.717) is 24.1 Å². The van der Waals surface area contributed by atoms with Crippen LogP contribution in [-0.2, 0) is 11.3 Å². The maximum absolute atomic E-state index is 11.9. The number of hydrogen-bond donors (Lipinski definition) is 2. The summed E-state index contributed by atoms with van der Waals surface area (Å²) in [4.78, 5) is 23.6. The van der Waals surface area contributed by atoms with E-state index in [2.05, 4.69) is 43.4 Å². The van der Waals surface area contributed by atoms with Crippen molar-refractivity contribution in [1.29, 1.82) is 0 Å². The van der Waals surface area contributed by atoms with Gasteiger partial charge in [-0.1, -0.05) is 27.7 Å². The third kappa shape index (κ3) is 6.92. The summed E-state index contributed by atoms with van der Waals surface area (Å²) in [7, 11) is 0. The van der Waals surface area contributed by atoms with E-state index in [0.717, 1.165) is 13.0 Å². The third-order valence-electron chi connectivity index (χ3n) is 2.92. The first kappa shape index (κ1) is 17.2. The van der Waals surface area contributed by atoms with E-state index in [9.17, 15) is 9.59 Å². The molecule has 6 heteroatoms. The van der Waals surface area contributed by atoms with Gasteiger partial charge in [0.05, 0.1) is 11.9 Å². The zero-order valence-corrected chi connectivity index (χ0v) is 13.3. The van der Waals surface area contributed by atoms with Gasteiger partial charge in [-0.3, -0.25) is 9.59 Å². The van der Waals surface area contributed by atoms with E-state index in [4.69, 9.17) is 0 Å². The molecule has 0 unspecified atom stereocenters. The largest absolute Gasteiger partial charge is 0.383 e. The molecule has 0 aliphatic carbocycles. The summed E-state index contributed by atoms with van der Waals surface area (Å²) in [5, 5.41) is 9.95. The maximum atomic E-state index is 11.9. The molecule has 0 aliphatic heterocycles. The van der Waals surface area contributed by atoms with Crippen molar-refractivity contribution >= 4 is 11.6 Å². The number of amides is 1. The molecule has 1 aromatic heterocycles. The smallest absolute Gasteiger partial charge is 0.269 e. The van der Waals surface area contributed by atoms with Gasteiger partial charge in [-0.25, -0.2) is 4.68 Å². The number of rotatable bonds is 8. The SMILES string of the molecule is CC(C)CCNC(=O)Cn1ncc(NCC(C)C)cc1=O. The maximum Gasteiger partial charge on any atom is 0.269 e. The van der Waals surface area contributed by atoms with Crippen LogP contribution in [0.1, 0.15) is 34.1 Å². The summed E-state index contributed by atoms with van der Waals surface area (Å²) in [5.74, 6) is 0.838. The Labute approximate surface area is 125 Å². The van der Waals surface area contributed by atoms with E-state index in [1.54, 1.807) is 6.20 Å². The average molecular weight is 294 g/mol. The van der Waals surface area contributed by atoms with Crippen LogP contribution >= 0.6 is 0 Å². The standard InChI is InChI=1S/C15H26N4O2/c1-11(2)5-6-16-14(20)10-19-15(21)7-13(9-18-19)17-8-12(3)4/h7,9,11-12,17H,5-6,8,10H2,1-4H3,(H,16,20). The van der Waals surface area contributed by atoms with Crippen LogP contribution < -0.4 is 16.2 Å². The normalized spacial score (nSPS) is 11.0. The highest BCUT2D eigenvalue weighted by Crippen LogP contribution is 2.02. The van der Waals surface area contributed by atoms with Crippen molar-refractivity contribution in [2.45, 2.75) is 40.7 Å². The van der Waals surface area contributed by atoms with Gasteiger partial charge in [0.25, 0.3) is 5.56 Å². The minimum atomic E-state index is -0.275. The molecule has 0 aliphatic rings. The molecule has 0 radical (unpaired) electrons. The van der Waals surface area contributed by atoms with E-state index in [-0.39, 0.29) is 18.0 Å². The van der Waals surface area contributed by atoms with Crippen molar-refractivity contribution in [1.82, 2.24) is 15.1 Å². The number of nitrogens with one attached hydrogen (secondary N) is 2. The monoisotopic (exact) mass is 294 g/mol. The molecule has 6 nitrogen and oxygen atoms in total. The summed E-state index contributed by atoms with van der Waals surface area (Å²) in [6.45, 7) is 9.73. The van der Waals surface area contributed by atoms with Gasteiger partial charge in [0, 0.05) is 19.2 Å². The predicted molar refractivity (Wildman–Crippen MR) is 84.3 cm³/mol. The van der Waals surface area contributed by atoms with Crippen molar-refractivity contribution in [3.8, 4) is 0 Å². The molecule has 118 valence electrons. The highest BCUT2D eigenvalue weighted by Gasteiger charge is 2.06. The van der Waals surface area contributed by atoms with Gasteiger partial charge < -0.3 is 10.6 Å². The second kappa shape index (κ2) is 8.44. The van der Waals surface area contributed by atoms with Crippen molar-refractivity contribution in [3.63, 3.8) is 0 Å². The number of nitrogens with zero attached hydrogens (tertiary/aromatic N) is 2. The lowest BCUT2D eigenvalue weighted by Crippen LogP contribution is -2.34. The van der Waals surface area contributed by atoms with Gasteiger partial charge in [0.1, 0.15) is 6.54 Å². The highest BCUT2D eigenvalue weighted by molar-refractivity contribution is 5.75. The summed E-state index contributed by atoms with van der Waals surface area (Å²) in [6.07, 6.45) is 2.50. The van der Waals surface area contributed by atoms with Crippen molar-refractivity contribution in [2.24, 2.45) is 11.8 Å². The molecule has 0 fully saturated rings. The Balaban J connectivity index is 2.52. The van der Waals surface area contributed by atoms with Gasteiger partial charge in [-0.2, -0.15) is 5.10 Å². The molecule has 21 heavy (non-hydrogen) atoms. The molecule has 1 aromatic rings. The number of carbonyl (C=O) groups is 1. The fraction of sp³-hybridized carbons (Fsp3) is 0.667. The minimum absolute atomic E-state index is 0.0403.